The van der Waals surface area contributed by atoms with Gasteiger partial charge in [-0.3, -0.25) is 4.79 Å². The highest BCUT2D eigenvalue weighted by molar-refractivity contribution is 6.07. The van der Waals surface area contributed by atoms with Gasteiger partial charge in [0, 0.05) is 18.7 Å². The second-order valence-corrected chi connectivity index (χ2v) is 7.01. The molecule has 3 heterocycles. The Morgan fingerprint density at radius 2 is 2.08 bits per heavy atom. The molecule has 0 saturated carbocycles. The third-order valence-electron chi connectivity index (χ3n) is 4.93. The molecule has 0 spiro atoms. The largest absolute Gasteiger partial charge is 0.338 e. The fourth-order valence-corrected chi connectivity index (χ4v) is 3.58. The zero-order valence-electron chi connectivity index (χ0n) is 14.8. The van der Waals surface area contributed by atoms with Gasteiger partial charge in [-0.2, -0.15) is 0 Å². The molecule has 3 aromatic rings. The molecule has 0 aliphatic carbocycles. The third kappa shape index (κ3) is 2.96. The van der Waals surface area contributed by atoms with E-state index in [0.717, 1.165) is 31.5 Å². The van der Waals surface area contributed by atoms with Crippen LogP contribution in [0.15, 0.2) is 34.9 Å². The summed E-state index contributed by atoms with van der Waals surface area (Å²) >= 11 is 0. The van der Waals surface area contributed by atoms with Gasteiger partial charge < -0.3 is 9.42 Å². The van der Waals surface area contributed by atoms with Crippen LogP contribution < -0.4 is 0 Å². The Kier molecular flexibility index (Phi) is 4.18. The first-order valence-corrected chi connectivity index (χ1v) is 8.85. The number of amides is 1. The summed E-state index contributed by atoms with van der Waals surface area (Å²) in [5.41, 5.74) is 2.82. The molecule has 134 valence electrons. The summed E-state index contributed by atoms with van der Waals surface area (Å²) < 4.78 is 18.6. The standard InChI is InChI=1S/C20H20FN3O2/c1-12-4-3-9-24(11-12)20(25)16-10-17(14-5-7-15(21)8-6-14)22-19-18(16)13(2)23-26-19/h5-8,10,12H,3-4,9,11H2,1-2H3/t12-/m0/s1. The molecule has 6 heteroatoms. The first-order chi connectivity index (χ1) is 12.5. The Labute approximate surface area is 150 Å². The van der Waals surface area contributed by atoms with Crippen molar-refractivity contribution in [3.05, 3.63) is 47.4 Å². The molecule has 4 rings (SSSR count). The molecular weight excluding hydrogens is 333 g/mol. The lowest BCUT2D eigenvalue weighted by molar-refractivity contribution is 0.0685. The second-order valence-electron chi connectivity index (χ2n) is 7.01. The molecule has 0 radical (unpaired) electrons. The number of rotatable bonds is 2. The van der Waals surface area contributed by atoms with Crippen LogP contribution in [0.1, 0.15) is 35.8 Å². The number of aromatic nitrogens is 2. The van der Waals surface area contributed by atoms with Gasteiger partial charge in [0.25, 0.3) is 11.6 Å². The normalized spacial score (nSPS) is 17.7. The van der Waals surface area contributed by atoms with Gasteiger partial charge in [-0.25, -0.2) is 9.37 Å². The fraction of sp³-hybridized carbons (Fsp3) is 0.350. The molecule has 0 bridgehead atoms. The van der Waals surface area contributed by atoms with Crippen molar-refractivity contribution in [2.24, 2.45) is 5.92 Å². The monoisotopic (exact) mass is 353 g/mol. The minimum absolute atomic E-state index is 0.0291. The van der Waals surface area contributed by atoms with Gasteiger partial charge in [0.1, 0.15) is 5.82 Å². The number of pyridine rings is 1. The Hall–Kier alpha value is -2.76. The van der Waals surface area contributed by atoms with E-state index in [4.69, 9.17) is 4.52 Å². The average Bonchev–Trinajstić information content (AvgIpc) is 3.02. The van der Waals surface area contributed by atoms with Gasteiger partial charge in [-0.15, -0.1) is 0 Å². The number of hydrogen-bond acceptors (Lipinski definition) is 4. The number of likely N-dealkylation sites (tertiary alicyclic amines) is 1. The zero-order valence-corrected chi connectivity index (χ0v) is 14.8. The number of piperidine rings is 1. The zero-order chi connectivity index (χ0) is 18.3. The van der Waals surface area contributed by atoms with Crippen molar-refractivity contribution in [2.45, 2.75) is 26.7 Å². The summed E-state index contributed by atoms with van der Waals surface area (Å²) in [6.45, 7) is 5.47. The van der Waals surface area contributed by atoms with E-state index in [9.17, 15) is 9.18 Å². The number of carbonyl (C=O) groups excluding carboxylic acids is 1. The van der Waals surface area contributed by atoms with E-state index >= 15 is 0 Å². The average molecular weight is 353 g/mol. The van der Waals surface area contributed by atoms with Crippen LogP contribution >= 0.6 is 0 Å². The van der Waals surface area contributed by atoms with Crippen molar-refractivity contribution in [3.63, 3.8) is 0 Å². The Balaban J connectivity index is 1.82. The lowest BCUT2D eigenvalue weighted by Crippen LogP contribution is -2.39. The van der Waals surface area contributed by atoms with Crippen LogP contribution in [0.2, 0.25) is 0 Å². The van der Waals surface area contributed by atoms with E-state index < -0.39 is 0 Å². The molecule has 26 heavy (non-hydrogen) atoms. The predicted molar refractivity (Wildman–Crippen MR) is 96.2 cm³/mol. The molecule has 1 aliphatic rings. The van der Waals surface area contributed by atoms with Crippen molar-refractivity contribution in [2.75, 3.05) is 13.1 Å². The quantitative estimate of drug-likeness (QED) is 0.692. The highest BCUT2D eigenvalue weighted by Crippen LogP contribution is 2.29. The maximum atomic E-state index is 13.2. The van der Waals surface area contributed by atoms with Gasteiger partial charge in [-0.05, 0) is 56.0 Å². The molecule has 1 saturated heterocycles. The van der Waals surface area contributed by atoms with Crippen molar-refractivity contribution in [1.29, 1.82) is 0 Å². The second kappa shape index (κ2) is 6.52. The lowest BCUT2D eigenvalue weighted by Gasteiger charge is -2.31. The first-order valence-electron chi connectivity index (χ1n) is 8.85. The minimum atomic E-state index is -0.316. The smallest absolute Gasteiger partial charge is 0.259 e. The topological polar surface area (TPSA) is 59.2 Å². The highest BCUT2D eigenvalue weighted by Gasteiger charge is 2.26. The number of benzene rings is 1. The Morgan fingerprint density at radius 3 is 2.81 bits per heavy atom. The van der Waals surface area contributed by atoms with Gasteiger partial charge >= 0.3 is 0 Å². The number of carbonyl (C=O) groups is 1. The fourth-order valence-electron chi connectivity index (χ4n) is 3.58. The lowest BCUT2D eigenvalue weighted by atomic mass is 9.98. The SMILES string of the molecule is Cc1noc2nc(-c3ccc(F)cc3)cc(C(=O)N3CCC[C@H](C)C3)c12. The molecule has 5 nitrogen and oxygen atoms in total. The van der Waals surface area contributed by atoms with Crippen LogP contribution in [-0.2, 0) is 0 Å². The number of fused-ring (bicyclic) bond motifs is 1. The molecule has 0 N–H and O–H groups in total. The molecule has 1 aromatic carbocycles. The van der Waals surface area contributed by atoms with Crippen LogP contribution in [0.25, 0.3) is 22.4 Å². The molecule has 1 atom stereocenters. The predicted octanol–water partition coefficient (Wildman–Crippen LogP) is 4.21. The van der Waals surface area contributed by atoms with E-state index in [0.29, 0.717) is 34.0 Å². The van der Waals surface area contributed by atoms with E-state index in [2.05, 4.69) is 17.1 Å². The summed E-state index contributed by atoms with van der Waals surface area (Å²) in [5, 5.41) is 4.63. The Bertz CT molecular complexity index is 965. The maximum Gasteiger partial charge on any atom is 0.259 e. The molecule has 1 fully saturated rings. The molecule has 1 amide bonds. The first kappa shape index (κ1) is 16.7. The van der Waals surface area contributed by atoms with Crippen LogP contribution in [0.4, 0.5) is 4.39 Å². The third-order valence-corrected chi connectivity index (χ3v) is 4.93. The van der Waals surface area contributed by atoms with Crippen molar-refractivity contribution < 1.29 is 13.7 Å². The summed E-state index contributed by atoms with van der Waals surface area (Å²) in [4.78, 5) is 19.6. The van der Waals surface area contributed by atoms with Gasteiger partial charge in [0.15, 0.2) is 0 Å². The molecular formula is C20H20FN3O2. The minimum Gasteiger partial charge on any atom is -0.338 e. The van der Waals surface area contributed by atoms with E-state index in [-0.39, 0.29) is 11.7 Å². The van der Waals surface area contributed by atoms with Crippen molar-refractivity contribution in [1.82, 2.24) is 15.0 Å². The Morgan fingerprint density at radius 1 is 1.31 bits per heavy atom. The maximum absolute atomic E-state index is 13.2. The summed E-state index contributed by atoms with van der Waals surface area (Å²) in [6, 6.07) is 7.80. The summed E-state index contributed by atoms with van der Waals surface area (Å²) in [5.74, 6) is 0.146. The van der Waals surface area contributed by atoms with Crippen LogP contribution in [0.3, 0.4) is 0 Å². The summed E-state index contributed by atoms with van der Waals surface area (Å²) in [7, 11) is 0. The number of nitrogens with zero attached hydrogens (tertiary/aromatic N) is 3. The van der Waals surface area contributed by atoms with Crippen LogP contribution in [0, 0.1) is 18.7 Å². The van der Waals surface area contributed by atoms with Crippen molar-refractivity contribution >= 4 is 17.0 Å². The number of aryl methyl sites for hydroxylation is 1. The van der Waals surface area contributed by atoms with Crippen LogP contribution in [-0.4, -0.2) is 34.0 Å². The highest BCUT2D eigenvalue weighted by atomic mass is 19.1. The van der Waals surface area contributed by atoms with Gasteiger partial charge in [0.05, 0.1) is 22.3 Å². The van der Waals surface area contributed by atoms with E-state index in [1.807, 2.05) is 4.90 Å². The van der Waals surface area contributed by atoms with Crippen molar-refractivity contribution in [3.8, 4) is 11.3 Å². The molecule has 1 aliphatic heterocycles. The molecule has 0 unspecified atom stereocenters. The number of halogens is 1. The summed E-state index contributed by atoms with van der Waals surface area (Å²) in [6.07, 6.45) is 2.15. The van der Waals surface area contributed by atoms with Crippen LogP contribution in [0.5, 0.6) is 0 Å². The van der Waals surface area contributed by atoms with E-state index in [1.165, 1.54) is 12.1 Å². The van der Waals surface area contributed by atoms with Gasteiger partial charge in [-0.1, -0.05) is 12.1 Å². The number of hydrogen-bond donors (Lipinski definition) is 0. The van der Waals surface area contributed by atoms with Gasteiger partial charge in [0.2, 0.25) is 0 Å². The van der Waals surface area contributed by atoms with E-state index in [1.54, 1.807) is 25.1 Å². The molecule has 2 aromatic heterocycles.